The van der Waals surface area contributed by atoms with Gasteiger partial charge in [-0.15, -0.1) is 0 Å². The summed E-state index contributed by atoms with van der Waals surface area (Å²) in [6.07, 6.45) is 0.0101. The first-order valence-corrected chi connectivity index (χ1v) is 7.37. The van der Waals surface area contributed by atoms with Crippen LogP contribution < -0.4 is 62.1 Å². The Bertz CT molecular complexity index is 864. The van der Waals surface area contributed by atoms with Gasteiger partial charge >= 0.3 is 51.4 Å². The van der Waals surface area contributed by atoms with Crippen molar-refractivity contribution in [3.63, 3.8) is 0 Å². The van der Waals surface area contributed by atoms with Gasteiger partial charge in [0.05, 0.1) is 10.1 Å². The van der Waals surface area contributed by atoms with Crippen molar-refractivity contribution < 1.29 is 73.9 Å². The Morgan fingerprint density at radius 1 is 1.05 bits per heavy atom. The van der Waals surface area contributed by atoms with Crippen LogP contribution in [-0.2, 0) is 26.3 Å². The van der Waals surface area contributed by atoms with Gasteiger partial charge in [0.1, 0.15) is 10.7 Å². The van der Waals surface area contributed by atoms with Crippen molar-refractivity contribution in [2.24, 2.45) is 0 Å². The average molecular weight is 331 g/mol. The molecule has 6 nitrogen and oxygen atoms in total. The standard InChI is InChI=1S/C13H11NO5S.K/c15-8-12-10-4-1-2-5-11(10)13(9-16)14(12)6-3-7-20(17,18)19;/h1-2,4-5H,3,6-7H2,(H,17,18,19);/q;+1/p-1. The molecule has 0 amide bonds. The van der Waals surface area contributed by atoms with Crippen LogP contribution in [0.25, 0.3) is 10.8 Å². The van der Waals surface area contributed by atoms with Gasteiger partial charge in [0.2, 0.25) is 0 Å². The van der Waals surface area contributed by atoms with Crippen LogP contribution >= 0.6 is 0 Å². The fraction of sp³-hybridized carbons (Fsp3) is 0.231. The van der Waals surface area contributed by atoms with E-state index in [0.29, 0.717) is 10.8 Å². The molecule has 0 radical (unpaired) electrons. The third-order valence-corrected chi connectivity index (χ3v) is 3.74. The Morgan fingerprint density at radius 3 is 1.90 bits per heavy atom. The molecule has 0 bridgehead atoms. The summed E-state index contributed by atoms with van der Waals surface area (Å²) in [7, 11) is -4.32. The van der Waals surface area contributed by atoms with Crippen LogP contribution in [0.3, 0.4) is 0 Å². The van der Waals surface area contributed by atoms with Gasteiger partial charge in [-0.05, 0) is 6.42 Å². The molecule has 1 heterocycles. The van der Waals surface area contributed by atoms with Gasteiger partial charge in [-0.3, -0.25) is 0 Å². The van der Waals surface area contributed by atoms with Gasteiger partial charge in [-0.25, -0.2) is 18.0 Å². The number of hydrogen-bond donors (Lipinski definition) is 0. The van der Waals surface area contributed by atoms with Crippen molar-refractivity contribution >= 4 is 32.8 Å². The molecule has 0 fully saturated rings. The molecule has 104 valence electrons. The number of benzene rings is 1. The van der Waals surface area contributed by atoms with E-state index in [4.69, 9.17) is 0 Å². The quantitative estimate of drug-likeness (QED) is 0.416. The summed E-state index contributed by atoms with van der Waals surface area (Å²) in [5, 5.41) is 1.40. The second kappa shape index (κ2) is 7.65. The van der Waals surface area contributed by atoms with Crippen molar-refractivity contribution in [1.29, 1.82) is 0 Å². The van der Waals surface area contributed by atoms with Gasteiger partial charge in [0, 0.05) is 23.1 Å². The second-order valence-electron chi connectivity index (χ2n) is 4.21. The first-order valence-electron chi connectivity index (χ1n) is 5.79. The summed E-state index contributed by atoms with van der Waals surface area (Å²) in [4.78, 5) is 22.1. The van der Waals surface area contributed by atoms with E-state index < -0.39 is 15.9 Å². The summed E-state index contributed by atoms with van der Waals surface area (Å²) in [5.41, 5.74) is 0. The normalized spacial score (nSPS) is 10.7. The predicted octanol–water partition coefficient (Wildman–Crippen LogP) is -4.41. The molecule has 0 saturated heterocycles. The van der Waals surface area contributed by atoms with Crippen LogP contribution in [0, 0.1) is 0 Å². The Labute approximate surface area is 163 Å². The number of rotatable bonds is 4. The molecule has 2 rings (SSSR count). The molecule has 0 spiro atoms. The third-order valence-electron chi connectivity index (χ3n) is 2.95. The first kappa shape index (κ1) is 18.5. The maximum Gasteiger partial charge on any atom is 1.00 e. The van der Waals surface area contributed by atoms with E-state index >= 15 is 0 Å². The molecule has 0 aliphatic rings. The van der Waals surface area contributed by atoms with E-state index in [-0.39, 0.29) is 75.0 Å². The monoisotopic (exact) mass is 331 g/mol. The van der Waals surface area contributed by atoms with E-state index in [1.807, 2.05) is 0 Å². The van der Waals surface area contributed by atoms with E-state index in [1.165, 1.54) is 4.57 Å². The molecule has 0 N–H and O–H groups in total. The van der Waals surface area contributed by atoms with Crippen molar-refractivity contribution in [3.05, 3.63) is 35.0 Å². The number of hydrogen-bond acceptors (Lipinski definition) is 5. The zero-order valence-electron chi connectivity index (χ0n) is 11.3. The fourth-order valence-corrected chi connectivity index (χ4v) is 2.62. The zero-order chi connectivity index (χ0) is 14.8. The summed E-state index contributed by atoms with van der Waals surface area (Å²) >= 11 is 0. The van der Waals surface area contributed by atoms with Gasteiger partial charge in [-0.2, -0.15) is 0 Å². The molecule has 1 aromatic carbocycles. The predicted molar refractivity (Wildman–Crippen MR) is 70.0 cm³/mol. The number of nitrogens with zero attached hydrogens (tertiary/aromatic N) is 1. The van der Waals surface area contributed by atoms with Crippen LogP contribution in [-0.4, -0.2) is 35.2 Å². The molecule has 0 unspecified atom stereocenters. The molecular weight excluding hydrogens is 321 g/mol. The average Bonchev–Trinajstić information content (AvgIpc) is 2.70. The summed E-state index contributed by atoms with van der Waals surface area (Å²) in [6, 6.07) is 6.75. The fourth-order valence-electron chi connectivity index (χ4n) is 2.14. The summed E-state index contributed by atoms with van der Waals surface area (Å²) in [6.45, 7) is 0.0608. The SMILES string of the molecule is O=C=c1c2ccccc2c(=C=O)n1CCCS(=O)(=O)[O-].[K+]. The van der Waals surface area contributed by atoms with Gasteiger partial charge in [-0.1, -0.05) is 24.3 Å². The van der Waals surface area contributed by atoms with Gasteiger partial charge < -0.3 is 9.12 Å². The molecule has 8 heteroatoms. The van der Waals surface area contributed by atoms with E-state index in [2.05, 4.69) is 0 Å². The van der Waals surface area contributed by atoms with E-state index in [9.17, 15) is 22.6 Å². The summed E-state index contributed by atoms with van der Waals surface area (Å²) < 4.78 is 33.1. The molecule has 0 aliphatic carbocycles. The molecule has 2 aromatic rings. The van der Waals surface area contributed by atoms with Crippen LogP contribution in [0.15, 0.2) is 24.3 Å². The van der Waals surface area contributed by atoms with Crippen LogP contribution in [0.4, 0.5) is 0 Å². The Morgan fingerprint density at radius 2 is 1.52 bits per heavy atom. The minimum atomic E-state index is -4.32. The molecule has 1 aromatic heterocycles. The van der Waals surface area contributed by atoms with Crippen molar-refractivity contribution in [1.82, 2.24) is 4.57 Å². The van der Waals surface area contributed by atoms with Crippen LogP contribution in [0.5, 0.6) is 0 Å². The maximum absolute atomic E-state index is 11.1. The zero-order valence-corrected chi connectivity index (χ0v) is 15.3. The van der Waals surface area contributed by atoms with Crippen molar-refractivity contribution in [2.45, 2.75) is 13.0 Å². The first-order chi connectivity index (χ1) is 9.48. The second-order valence-corrected chi connectivity index (χ2v) is 5.74. The molecule has 0 atom stereocenters. The van der Waals surface area contributed by atoms with Gasteiger partial charge in [0.15, 0.2) is 11.9 Å². The van der Waals surface area contributed by atoms with E-state index in [1.54, 1.807) is 36.1 Å². The largest absolute Gasteiger partial charge is 1.00 e. The molecule has 21 heavy (non-hydrogen) atoms. The van der Waals surface area contributed by atoms with E-state index in [0.717, 1.165) is 0 Å². The number of carbonyl (C=O) groups excluding carboxylic acids is 2. The molecular formula is C13H10KNO5S. The number of aromatic nitrogens is 1. The molecule has 0 aliphatic heterocycles. The Kier molecular flexibility index (Phi) is 6.74. The van der Waals surface area contributed by atoms with Crippen molar-refractivity contribution in [3.8, 4) is 0 Å². The minimum Gasteiger partial charge on any atom is -0.748 e. The minimum absolute atomic E-state index is 0. The van der Waals surface area contributed by atoms with Crippen LogP contribution in [0.1, 0.15) is 6.42 Å². The summed E-state index contributed by atoms with van der Waals surface area (Å²) in [5.74, 6) is 2.94. The Hall–Kier alpha value is -0.534. The maximum atomic E-state index is 11.1. The van der Waals surface area contributed by atoms with Gasteiger partial charge in [0.25, 0.3) is 0 Å². The Balaban J connectivity index is 0.00000220. The van der Waals surface area contributed by atoms with Crippen molar-refractivity contribution in [2.75, 3.05) is 5.75 Å². The smallest absolute Gasteiger partial charge is 0.748 e. The third kappa shape index (κ3) is 4.23. The topological polar surface area (TPSA) is 96.3 Å². The van der Waals surface area contributed by atoms with Crippen LogP contribution in [0.2, 0.25) is 0 Å². The number of fused-ring (bicyclic) bond motifs is 1. The molecule has 0 saturated carbocycles.